The zero-order valence-electron chi connectivity index (χ0n) is 13.1. The molecule has 0 saturated heterocycles. The molecule has 0 atom stereocenters. The second-order valence-electron chi connectivity index (χ2n) is 5.33. The maximum Gasteiger partial charge on any atom is 0.303 e. The van der Waals surface area contributed by atoms with Crippen LogP contribution in [-0.2, 0) is 11.3 Å². The van der Waals surface area contributed by atoms with Gasteiger partial charge in [0.05, 0.1) is 0 Å². The molecule has 0 bridgehead atoms. The minimum absolute atomic E-state index is 0.323. The van der Waals surface area contributed by atoms with Gasteiger partial charge in [0.15, 0.2) is 0 Å². The van der Waals surface area contributed by atoms with Gasteiger partial charge in [0.2, 0.25) is 0 Å². The zero-order valence-corrected chi connectivity index (χ0v) is 14.8. The first-order valence-corrected chi connectivity index (χ1v) is 10.4. The second kappa shape index (κ2) is 14.0. The summed E-state index contributed by atoms with van der Waals surface area (Å²) in [5.74, 6) is 0.515. The minimum atomic E-state index is -0.671. The van der Waals surface area contributed by atoms with Crippen LogP contribution in [0.3, 0.4) is 0 Å². The zero-order chi connectivity index (χ0) is 15.9. The van der Waals surface area contributed by atoms with Gasteiger partial charge in [-0.05, 0) is 29.4 Å². The third-order valence-corrected chi connectivity index (χ3v) is 5.40. The average molecular weight is 342 g/mol. The molecule has 0 unspecified atom stereocenters. The smallest absolute Gasteiger partial charge is 0.303 e. The van der Waals surface area contributed by atoms with Crippen molar-refractivity contribution in [3.63, 3.8) is 0 Å². The van der Waals surface area contributed by atoms with Crippen LogP contribution < -0.4 is 4.72 Å². The molecule has 2 N–H and O–H groups in total. The average Bonchev–Trinajstić information content (AvgIpc) is 2.52. The summed E-state index contributed by atoms with van der Waals surface area (Å²) in [6, 6.07) is 10.4. The Morgan fingerprint density at radius 3 is 2.27 bits per heavy atom. The number of benzene rings is 1. The van der Waals surface area contributed by atoms with Gasteiger partial charge in [-0.15, -0.1) is 0 Å². The molecule has 0 fully saturated rings. The van der Waals surface area contributed by atoms with Crippen molar-refractivity contribution in [2.24, 2.45) is 0 Å². The van der Waals surface area contributed by atoms with E-state index in [1.807, 2.05) is 16.9 Å². The Kier molecular flexibility index (Phi) is 12.3. The lowest BCUT2D eigenvalue weighted by atomic mass is 10.1. The van der Waals surface area contributed by atoms with Crippen LogP contribution in [-0.4, -0.2) is 16.8 Å². The number of nitrogens with one attached hydrogen (secondary N) is 1. The van der Waals surface area contributed by atoms with E-state index in [9.17, 15) is 4.79 Å². The van der Waals surface area contributed by atoms with Gasteiger partial charge in [-0.3, -0.25) is 9.52 Å². The van der Waals surface area contributed by atoms with Gasteiger partial charge in [0.25, 0.3) is 0 Å². The number of rotatable bonds is 14. The number of carboxylic acids is 1. The summed E-state index contributed by atoms with van der Waals surface area (Å²) < 4.78 is 3.37. The van der Waals surface area contributed by atoms with Crippen LogP contribution >= 0.6 is 21.8 Å². The van der Waals surface area contributed by atoms with E-state index in [0.717, 1.165) is 19.4 Å². The maximum atomic E-state index is 10.4. The number of hydrogen-bond acceptors (Lipinski definition) is 4. The molecule has 1 aromatic carbocycles. The van der Waals surface area contributed by atoms with Gasteiger partial charge in [0, 0.05) is 18.7 Å². The van der Waals surface area contributed by atoms with Gasteiger partial charge < -0.3 is 5.11 Å². The Morgan fingerprint density at radius 2 is 1.59 bits per heavy atom. The Bertz CT molecular complexity index is 388. The van der Waals surface area contributed by atoms with E-state index in [-0.39, 0.29) is 0 Å². The van der Waals surface area contributed by atoms with Crippen molar-refractivity contribution in [1.82, 2.24) is 4.72 Å². The highest BCUT2D eigenvalue weighted by atomic mass is 33.1. The van der Waals surface area contributed by atoms with Gasteiger partial charge in [0.1, 0.15) is 0 Å². The molecule has 1 aromatic rings. The number of carboxylic acid groups (broad SMARTS) is 1. The summed E-state index contributed by atoms with van der Waals surface area (Å²) in [5.41, 5.74) is 1.32. The van der Waals surface area contributed by atoms with E-state index in [1.165, 1.54) is 43.4 Å². The molecule has 0 aliphatic carbocycles. The van der Waals surface area contributed by atoms with Crippen molar-refractivity contribution in [2.45, 2.75) is 57.9 Å². The number of unbranched alkanes of at least 4 members (excludes halogenated alkanes) is 6. The molecule has 22 heavy (non-hydrogen) atoms. The molecule has 0 amide bonds. The van der Waals surface area contributed by atoms with E-state index in [1.54, 1.807) is 11.0 Å². The summed E-state index contributed by atoms with van der Waals surface area (Å²) in [6.07, 6.45) is 8.44. The van der Waals surface area contributed by atoms with E-state index in [0.29, 0.717) is 6.42 Å². The molecular formula is C17H27NO2S2. The fourth-order valence-corrected chi connectivity index (χ4v) is 3.86. The first kappa shape index (κ1) is 19.4. The van der Waals surface area contributed by atoms with Crippen molar-refractivity contribution in [3.8, 4) is 0 Å². The van der Waals surface area contributed by atoms with Crippen LogP contribution in [0.25, 0.3) is 0 Å². The minimum Gasteiger partial charge on any atom is -0.481 e. The molecule has 1 rings (SSSR count). The molecule has 0 heterocycles. The first-order valence-electron chi connectivity index (χ1n) is 8.06. The third-order valence-electron chi connectivity index (χ3n) is 3.36. The topological polar surface area (TPSA) is 49.3 Å². The van der Waals surface area contributed by atoms with Crippen LogP contribution in [0.2, 0.25) is 0 Å². The van der Waals surface area contributed by atoms with Crippen molar-refractivity contribution in [3.05, 3.63) is 35.9 Å². The predicted molar refractivity (Wildman–Crippen MR) is 97.9 cm³/mol. The maximum absolute atomic E-state index is 10.4. The molecule has 0 saturated carbocycles. The first-order chi connectivity index (χ1) is 10.8. The fraction of sp³-hybridized carbons (Fsp3) is 0.588. The summed E-state index contributed by atoms with van der Waals surface area (Å²) in [4.78, 5) is 10.4. The molecular weight excluding hydrogens is 314 g/mol. The normalized spacial score (nSPS) is 10.7. The van der Waals surface area contributed by atoms with Crippen LogP contribution in [0.15, 0.2) is 30.3 Å². The van der Waals surface area contributed by atoms with Crippen LogP contribution in [0, 0.1) is 0 Å². The standard InChI is InChI=1S/C17H27NO2S2/c19-17(20)13-9-4-2-1-3-5-10-14-21-22-18-15-16-11-7-6-8-12-16/h6-8,11-12,18H,1-5,9-10,13-15H2,(H,19,20). The molecule has 0 aliphatic heterocycles. The van der Waals surface area contributed by atoms with Crippen molar-refractivity contribution >= 4 is 27.7 Å². The molecule has 0 aromatic heterocycles. The molecule has 0 spiro atoms. The molecule has 124 valence electrons. The highest BCUT2D eigenvalue weighted by Gasteiger charge is 1.97. The second-order valence-corrected chi connectivity index (χ2v) is 7.64. The van der Waals surface area contributed by atoms with Crippen LogP contribution in [0.5, 0.6) is 0 Å². The van der Waals surface area contributed by atoms with Crippen LogP contribution in [0.1, 0.15) is 56.9 Å². The third kappa shape index (κ3) is 12.0. The molecule has 0 aliphatic rings. The quantitative estimate of drug-likeness (QED) is 0.274. The lowest BCUT2D eigenvalue weighted by Crippen LogP contribution is -2.00. The van der Waals surface area contributed by atoms with Gasteiger partial charge in [-0.25, -0.2) is 0 Å². The Balaban J connectivity index is 1.76. The Morgan fingerprint density at radius 1 is 0.955 bits per heavy atom. The summed E-state index contributed by atoms with van der Waals surface area (Å²) in [6.45, 7) is 0.912. The van der Waals surface area contributed by atoms with Gasteiger partial charge in [-0.2, -0.15) is 0 Å². The van der Waals surface area contributed by atoms with E-state index in [4.69, 9.17) is 5.11 Å². The SMILES string of the molecule is O=C(O)CCCCCCCCCSSNCc1ccccc1. The predicted octanol–water partition coefficient (Wildman–Crippen LogP) is 5.28. The largest absolute Gasteiger partial charge is 0.481 e. The Hall–Kier alpha value is -0.650. The van der Waals surface area contributed by atoms with Gasteiger partial charge >= 0.3 is 5.97 Å². The summed E-state index contributed by atoms with van der Waals surface area (Å²) >= 11 is 0. The lowest BCUT2D eigenvalue weighted by Gasteiger charge is -2.04. The number of carbonyl (C=O) groups is 1. The molecule has 3 nitrogen and oxygen atoms in total. The fourth-order valence-electron chi connectivity index (χ4n) is 2.11. The molecule has 5 heteroatoms. The van der Waals surface area contributed by atoms with Crippen molar-refractivity contribution < 1.29 is 9.90 Å². The van der Waals surface area contributed by atoms with Crippen LogP contribution in [0.4, 0.5) is 0 Å². The summed E-state index contributed by atoms with van der Waals surface area (Å²) in [7, 11) is 3.62. The monoisotopic (exact) mass is 341 g/mol. The number of hydrogen-bond donors (Lipinski definition) is 2. The van der Waals surface area contributed by atoms with Crippen molar-refractivity contribution in [2.75, 3.05) is 5.75 Å². The lowest BCUT2D eigenvalue weighted by molar-refractivity contribution is -0.137. The van der Waals surface area contributed by atoms with E-state index < -0.39 is 5.97 Å². The number of aliphatic carboxylic acids is 1. The van der Waals surface area contributed by atoms with E-state index in [2.05, 4.69) is 29.0 Å². The van der Waals surface area contributed by atoms with Gasteiger partial charge in [-0.1, -0.05) is 73.2 Å². The Labute approximate surface area is 142 Å². The van der Waals surface area contributed by atoms with E-state index >= 15 is 0 Å². The summed E-state index contributed by atoms with van der Waals surface area (Å²) in [5, 5.41) is 8.53. The highest BCUT2D eigenvalue weighted by Crippen LogP contribution is 2.20. The highest BCUT2D eigenvalue weighted by molar-refractivity contribution is 8.76. The van der Waals surface area contributed by atoms with Crippen molar-refractivity contribution in [1.29, 1.82) is 0 Å². The molecule has 0 radical (unpaired) electrons.